The third-order valence-electron chi connectivity index (χ3n) is 2.26. The molecule has 0 spiro atoms. The molecule has 0 fully saturated rings. The van der Waals surface area contributed by atoms with Crippen molar-refractivity contribution in [2.75, 3.05) is 0 Å². The number of aliphatic carboxylic acids is 1. The summed E-state index contributed by atoms with van der Waals surface area (Å²) in [5, 5.41) is 8.71. The first-order chi connectivity index (χ1) is 8.63. The van der Waals surface area contributed by atoms with Crippen molar-refractivity contribution in [1.82, 2.24) is 0 Å². The normalized spacial score (nSPS) is 10.3. The zero-order valence-corrected chi connectivity index (χ0v) is 11.0. The van der Waals surface area contributed by atoms with Gasteiger partial charge in [0.25, 0.3) is 0 Å². The summed E-state index contributed by atoms with van der Waals surface area (Å²) < 4.78 is 11.5. The van der Waals surface area contributed by atoms with Gasteiger partial charge in [0.1, 0.15) is 18.1 Å². The number of carboxylic acid groups (broad SMARTS) is 1. The highest BCUT2D eigenvalue weighted by Gasteiger charge is 2.04. The maximum Gasteiger partial charge on any atom is 0.307 e. The van der Waals surface area contributed by atoms with Crippen molar-refractivity contribution in [2.45, 2.75) is 13.0 Å². The molecule has 0 aliphatic heterocycles. The summed E-state index contributed by atoms with van der Waals surface area (Å²) in [4.78, 5) is 10.6. The predicted molar refractivity (Wildman–Crippen MR) is 68.5 cm³/mol. The van der Waals surface area contributed by atoms with Crippen molar-refractivity contribution >= 4 is 21.9 Å². The van der Waals surface area contributed by atoms with Crippen LogP contribution in [0.15, 0.2) is 45.5 Å². The minimum absolute atomic E-state index is 0.0104. The Balaban J connectivity index is 1.98. The number of rotatable bonds is 5. The number of carbonyl (C=O) groups is 1. The molecule has 0 saturated carbocycles. The number of hydrogen-bond acceptors (Lipinski definition) is 3. The maximum atomic E-state index is 10.6. The van der Waals surface area contributed by atoms with Crippen LogP contribution in [0.5, 0.6) is 5.75 Å². The molecular formula is C13H11BrO4. The van der Waals surface area contributed by atoms with Crippen LogP contribution in [0, 0.1) is 0 Å². The zero-order chi connectivity index (χ0) is 13.0. The van der Waals surface area contributed by atoms with Gasteiger partial charge in [0.15, 0.2) is 4.67 Å². The van der Waals surface area contributed by atoms with Gasteiger partial charge in [-0.1, -0.05) is 12.1 Å². The van der Waals surface area contributed by atoms with Crippen LogP contribution in [0.3, 0.4) is 0 Å². The van der Waals surface area contributed by atoms with Gasteiger partial charge in [0, 0.05) is 0 Å². The third-order valence-corrected chi connectivity index (χ3v) is 2.69. The standard InChI is InChI=1S/C13H11BrO4/c14-12-5-4-11(18-12)8-17-10-3-1-2-9(6-10)7-13(15)16/h1-6H,7-8H2,(H,15,16). The Morgan fingerprint density at radius 2 is 2.17 bits per heavy atom. The number of ether oxygens (including phenoxy) is 1. The molecule has 2 aromatic rings. The van der Waals surface area contributed by atoms with Gasteiger partial charge in [0.05, 0.1) is 6.42 Å². The van der Waals surface area contributed by atoms with Crippen molar-refractivity contribution in [3.05, 3.63) is 52.4 Å². The van der Waals surface area contributed by atoms with Gasteiger partial charge in [-0.15, -0.1) is 0 Å². The van der Waals surface area contributed by atoms with E-state index < -0.39 is 5.97 Å². The molecule has 1 aromatic carbocycles. The molecule has 1 heterocycles. The van der Waals surface area contributed by atoms with Crippen molar-refractivity contribution in [3.63, 3.8) is 0 Å². The van der Waals surface area contributed by atoms with Crippen molar-refractivity contribution in [3.8, 4) is 5.75 Å². The van der Waals surface area contributed by atoms with Gasteiger partial charge < -0.3 is 14.3 Å². The lowest BCUT2D eigenvalue weighted by molar-refractivity contribution is -0.136. The van der Waals surface area contributed by atoms with E-state index in [1.165, 1.54) is 0 Å². The molecule has 0 bridgehead atoms. The van der Waals surface area contributed by atoms with E-state index in [1.54, 1.807) is 30.3 Å². The number of carboxylic acids is 1. The van der Waals surface area contributed by atoms with Crippen LogP contribution in [-0.2, 0) is 17.8 Å². The van der Waals surface area contributed by atoms with Gasteiger partial charge in [-0.3, -0.25) is 4.79 Å². The van der Waals surface area contributed by atoms with Crippen LogP contribution < -0.4 is 4.74 Å². The summed E-state index contributed by atoms with van der Waals surface area (Å²) in [6, 6.07) is 10.6. The van der Waals surface area contributed by atoms with E-state index in [9.17, 15) is 4.79 Å². The van der Waals surface area contributed by atoms with Gasteiger partial charge in [-0.2, -0.15) is 0 Å². The fourth-order valence-electron chi connectivity index (χ4n) is 1.50. The molecule has 94 valence electrons. The third kappa shape index (κ3) is 3.63. The van der Waals surface area contributed by atoms with Crippen molar-refractivity contribution < 1.29 is 19.1 Å². The molecular weight excluding hydrogens is 300 g/mol. The Labute approximate surface area is 112 Å². The fraction of sp³-hybridized carbons (Fsp3) is 0.154. The van der Waals surface area contributed by atoms with Gasteiger partial charge in [-0.25, -0.2) is 0 Å². The number of hydrogen-bond donors (Lipinski definition) is 1. The first kappa shape index (κ1) is 12.7. The summed E-state index contributed by atoms with van der Waals surface area (Å²) in [7, 11) is 0. The SMILES string of the molecule is O=C(O)Cc1cccc(OCc2ccc(Br)o2)c1. The first-order valence-corrected chi connectivity index (χ1v) is 6.10. The highest BCUT2D eigenvalue weighted by Crippen LogP contribution is 2.18. The van der Waals surface area contributed by atoms with Crippen molar-refractivity contribution in [1.29, 1.82) is 0 Å². The summed E-state index contributed by atoms with van der Waals surface area (Å²) >= 11 is 3.21. The minimum Gasteiger partial charge on any atom is -0.486 e. The molecule has 0 aliphatic carbocycles. The highest BCUT2D eigenvalue weighted by molar-refractivity contribution is 9.10. The van der Waals surface area contributed by atoms with Crippen molar-refractivity contribution in [2.24, 2.45) is 0 Å². The predicted octanol–water partition coefficient (Wildman–Crippen LogP) is 3.25. The van der Waals surface area contributed by atoms with Crippen LogP contribution in [0.2, 0.25) is 0 Å². The van der Waals surface area contributed by atoms with Crippen LogP contribution in [-0.4, -0.2) is 11.1 Å². The van der Waals surface area contributed by atoms with E-state index in [0.29, 0.717) is 28.3 Å². The minimum atomic E-state index is -0.859. The van der Waals surface area contributed by atoms with Crippen LogP contribution in [0.25, 0.3) is 0 Å². The smallest absolute Gasteiger partial charge is 0.307 e. The lowest BCUT2D eigenvalue weighted by Crippen LogP contribution is -2.00. The van der Waals surface area contributed by atoms with Crippen LogP contribution >= 0.6 is 15.9 Å². The van der Waals surface area contributed by atoms with Gasteiger partial charge in [-0.05, 0) is 45.8 Å². The first-order valence-electron chi connectivity index (χ1n) is 5.31. The molecule has 0 atom stereocenters. The Hall–Kier alpha value is -1.75. The molecule has 0 saturated heterocycles. The maximum absolute atomic E-state index is 10.6. The largest absolute Gasteiger partial charge is 0.486 e. The van der Waals surface area contributed by atoms with E-state index in [4.69, 9.17) is 14.3 Å². The lowest BCUT2D eigenvalue weighted by Gasteiger charge is -2.05. The second-order valence-corrected chi connectivity index (χ2v) is 4.49. The molecule has 0 amide bonds. The molecule has 18 heavy (non-hydrogen) atoms. The molecule has 2 rings (SSSR count). The monoisotopic (exact) mass is 310 g/mol. The summed E-state index contributed by atoms with van der Waals surface area (Å²) in [5.41, 5.74) is 0.709. The highest BCUT2D eigenvalue weighted by atomic mass is 79.9. The van der Waals surface area contributed by atoms with E-state index in [2.05, 4.69) is 15.9 Å². The van der Waals surface area contributed by atoms with E-state index in [0.717, 1.165) is 0 Å². The summed E-state index contributed by atoms with van der Waals surface area (Å²) in [6.45, 7) is 0.308. The average Bonchev–Trinajstić information content (AvgIpc) is 2.72. The molecule has 1 aromatic heterocycles. The van der Waals surface area contributed by atoms with Crippen LogP contribution in [0.4, 0.5) is 0 Å². The van der Waals surface area contributed by atoms with Gasteiger partial charge >= 0.3 is 5.97 Å². The number of benzene rings is 1. The number of furan rings is 1. The average molecular weight is 311 g/mol. The Kier molecular flexibility index (Phi) is 4.04. The Morgan fingerprint density at radius 1 is 1.33 bits per heavy atom. The molecule has 5 heteroatoms. The quantitative estimate of drug-likeness (QED) is 0.921. The molecule has 4 nitrogen and oxygen atoms in total. The molecule has 0 unspecified atom stereocenters. The fourth-order valence-corrected chi connectivity index (χ4v) is 1.84. The molecule has 0 radical (unpaired) electrons. The summed E-state index contributed by atoms with van der Waals surface area (Å²) in [5.74, 6) is 0.467. The van der Waals surface area contributed by atoms with E-state index >= 15 is 0 Å². The Morgan fingerprint density at radius 3 is 2.83 bits per heavy atom. The van der Waals surface area contributed by atoms with Crippen LogP contribution in [0.1, 0.15) is 11.3 Å². The zero-order valence-electron chi connectivity index (χ0n) is 9.43. The number of halogens is 1. The lowest BCUT2D eigenvalue weighted by atomic mass is 10.1. The molecule has 1 N–H and O–H groups in total. The second kappa shape index (κ2) is 5.73. The van der Waals surface area contributed by atoms with E-state index in [1.807, 2.05) is 6.07 Å². The van der Waals surface area contributed by atoms with Gasteiger partial charge in [0.2, 0.25) is 0 Å². The summed E-state index contributed by atoms with van der Waals surface area (Å²) in [6.07, 6.45) is -0.0104. The second-order valence-electron chi connectivity index (χ2n) is 3.71. The Bertz CT molecular complexity index is 547. The topological polar surface area (TPSA) is 59.7 Å². The molecule has 0 aliphatic rings. The van der Waals surface area contributed by atoms with E-state index in [-0.39, 0.29) is 6.42 Å².